The lowest BCUT2D eigenvalue weighted by Gasteiger charge is -2.26. The Hall–Kier alpha value is -0.470. The Morgan fingerprint density at radius 3 is 2.75 bits per heavy atom. The van der Waals surface area contributed by atoms with Crippen LogP contribution in [0.15, 0.2) is 10.3 Å². The standard InChI is InChI=1S/C13H22N2O3S2/c1-3-4-14-9-12-13(11(2)10-19-12)20(16,17)15-5-7-18-8-6-15/h10,14H,3-9H2,1-2H3. The van der Waals surface area contributed by atoms with Gasteiger partial charge in [-0.15, -0.1) is 11.3 Å². The molecule has 1 aromatic heterocycles. The van der Waals surface area contributed by atoms with E-state index in [0.717, 1.165) is 23.4 Å². The molecule has 1 saturated heterocycles. The summed E-state index contributed by atoms with van der Waals surface area (Å²) in [4.78, 5) is 1.40. The van der Waals surface area contributed by atoms with E-state index in [4.69, 9.17) is 4.74 Å². The largest absolute Gasteiger partial charge is 0.379 e. The Balaban J connectivity index is 2.23. The van der Waals surface area contributed by atoms with Gasteiger partial charge in [-0.3, -0.25) is 0 Å². The summed E-state index contributed by atoms with van der Waals surface area (Å²) in [7, 11) is -3.39. The van der Waals surface area contributed by atoms with Gasteiger partial charge in [-0.05, 0) is 30.8 Å². The third kappa shape index (κ3) is 3.40. The first-order chi connectivity index (χ1) is 9.57. The molecule has 0 atom stereocenters. The fourth-order valence-corrected chi connectivity index (χ4v) is 5.39. The molecular formula is C13H22N2O3S2. The third-order valence-electron chi connectivity index (χ3n) is 3.27. The average Bonchev–Trinajstić information content (AvgIpc) is 2.82. The molecule has 0 bridgehead atoms. The van der Waals surface area contributed by atoms with Gasteiger partial charge in [0.15, 0.2) is 0 Å². The summed E-state index contributed by atoms with van der Waals surface area (Å²) in [5, 5.41) is 5.21. The molecule has 1 aromatic rings. The van der Waals surface area contributed by atoms with Crippen LogP contribution >= 0.6 is 11.3 Å². The monoisotopic (exact) mass is 318 g/mol. The molecule has 0 unspecified atom stereocenters. The Kier molecular flexibility index (Phi) is 5.57. The predicted octanol–water partition coefficient (Wildman–Crippen LogP) is 1.58. The van der Waals surface area contributed by atoms with E-state index in [1.807, 2.05) is 12.3 Å². The van der Waals surface area contributed by atoms with Crippen molar-refractivity contribution in [2.45, 2.75) is 31.7 Å². The van der Waals surface area contributed by atoms with Crippen LogP contribution in [0.25, 0.3) is 0 Å². The van der Waals surface area contributed by atoms with Crippen LogP contribution in [-0.4, -0.2) is 45.6 Å². The lowest BCUT2D eigenvalue weighted by atomic mass is 10.3. The molecule has 1 aliphatic heterocycles. The van der Waals surface area contributed by atoms with Crippen molar-refractivity contribution in [3.63, 3.8) is 0 Å². The highest BCUT2D eigenvalue weighted by atomic mass is 32.2. The highest BCUT2D eigenvalue weighted by Crippen LogP contribution is 2.29. The first-order valence-corrected chi connectivity index (χ1v) is 9.25. The van der Waals surface area contributed by atoms with E-state index in [0.29, 0.717) is 37.7 Å². The molecule has 1 N–H and O–H groups in total. The Bertz CT molecular complexity index is 534. The van der Waals surface area contributed by atoms with Crippen molar-refractivity contribution < 1.29 is 13.2 Å². The molecule has 0 aromatic carbocycles. The van der Waals surface area contributed by atoms with Gasteiger partial charge in [0.2, 0.25) is 10.0 Å². The fourth-order valence-electron chi connectivity index (χ4n) is 2.25. The first kappa shape index (κ1) is 15.9. The molecule has 1 fully saturated rings. The SMILES string of the molecule is CCCNCc1scc(C)c1S(=O)(=O)N1CCOCC1. The Labute approximate surface area is 125 Å². The first-order valence-electron chi connectivity index (χ1n) is 6.93. The zero-order valence-electron chi connectivity index (χ0n) is 12.0. The summed E-state index contributed by atoms with van der Waals surface area (Å²) in [6, 6.07) is 0. The van der Waals surface area contributed by atoms with Crippen molar-refractivity contribution in [2.75, 3.05) is 32.8 Å². The maximum Gasteiger partial charge on any atom is 0.244 e. The molecule has 0 amide bonds. The van der Waals surface area contributed by atoms with Gasteiger partial charge in [-0.25, -0.2) is 8.42 Å². The van der Waals surface area contributed by atoms with Crippen molar-refractivity contribution in [2.24, 2.45) is 0 Å². The second-order valence-electron chi connectivity index (χ2n) is 4.86. The van der Waals surface area contributed by atoms with Gasteiger partial charge < -0.3 is 10.1 Å². The minimum atomic E-state index is -3.39. The summed E-state index contributed by atoms with van der Waals surface area (Å²) in [6.45, 7) is 7.32. The molecule has 1 aliphatic rings. The number of rotatable bonds is 6. The highest BCUT2D eigenvalue weighted by molar-refractivity contribution is 7.89. The molecule has 7 heteroatoms. The molecule has 20 heavy (non-hydrogen) atoms. The molecule has 2 rings (SSSR count). The molecule has 0 radical (unpaired) electrons. The van der Waals surface area contributed by atoms with Crippen LogP contribution in [0.5, 0.6) is 0 Å². The van der Waals surface area contributed by atoms with Gasteiger partial charge in [0, 0.05) is 24.5 Å². The molecule has 2 heterocycles. The number of hydrogen-bond donors (Lipinski definition) is 1. The number of thiophene rings is 1. The van der Waals surface area contributed by atoms with Crippen molar-refractivity contribution >= 4 is 21.4 Å². The van der Waals surface area contributed by atoms with Crippen LogP contribution in [0.2, 0.25) is 0 Å². The Morgan fingerprint density at radius 2 is 2.10 bits per heavy atom. The number of morpholine rings is 1. The maximum absolute atomic E-state index is 12.8. The lowest BCUT2D eigenvalue weighted by molar-refractivity contribution is 0.0730. The molecule has 0 saturated carbocycles. The lowest BCUT2D eigenvalue weighted by Crippen LogP contribution is -2.41. The van der Waals surface area contributed by atoms with Crippen molar-refractivity contribution in [1.82, 2.24) is 9.62 Å². The van der Waals surface area contributed by atoms with Gasteiger partial charge in [-0.1, -0.05) is 6.92 Å². The van der Waals surface area contributed by atoms with Crippen molar-refractivity contribution in [1.29, 1.82) is 0 Å². The summed E-state index contributed by atoms with van der Waals surface area (Å²) >= 11 is 1.52. The smallest absolute Gasteiger partial charge is 0.244 e. The van der Waals surface area contributed by atoms with E-state index < -0.39 is 10.0 Å². The van der Waals surface area contributed by atoms with Gasteiger partial charge in [0.1, 0.15) is 4.90 Å². The van der Waals surface area contributed by atoms with Gasteiger partial charge in [0.05, 0.1) is 13.2 Å². The number of nitrogens with zero attached hydrogens (tertiary/aromatic N) is 1. The van der Waals surface area contributed by atoms with Gasteiger partial charge >= 0.3 is 0 Å². The number of aryl methyl sites for hydroxylation is 1. The van der Waals surface area contributed by atoms with E-state index in [1.54, 1.807) is 0 Å². The summed E-state index contributed by atoms with van der Waals surface area (Å²) in [5.41, 5.74) is 0.842. The summed E-state index contributed by atoms with van der Waals surface area (Å²) in [6.07, 6.45) is 1.04. The van der Waals surface area contributed by atoms with Gasteiger partial charge in [0.25, 0.3) is 0 Å². The molecular weight excluding hydrogens is 296 g/mol. The minimum Gasteiger partial charge on any atom is -0.379 e. The number of hydrogen-bond acceptors (Lipinski definition) is 5. The molecule has 0 spiro atoms. The average molecular weight is 318 g/mol. The van der Waals surface area contributed by atoms with Crippen molar-refractivity contribution in [3.8, 4) is 0 Å². The summed E-state index contributed by atoms with van der Waals surface area (Å²) in [5.74, 6) is 0. The normalized spacial score (nSPS) is 17.5. The summed E-state index contributed by atoms with van der Waals surface area (Å²) < 4.78 is 32.3. The second kappa shape index (κ2) is 7.00. The van der Waals surface area contributed by atoms with Crippen LogP contribution in [0.4, 0.5) is 0 Å². The quantitative estimate of drug-likeness (QED) is 0.809. The van der Waals surface area contributed by atoms with Gasteiger partial charge in [-0.2, -0.15) is 4.31 Å². The Morgan fingerprint density at radius 1 is 1.40 bits per heavy atom. The molecule has 5 nitrogen and oxygen atoms in total. The van der Waals surface area contributed by atoms with Crippen molar-refractivity contribution in [3.05, 3.63) is 15.8 Å². The highest BCUT2D eigenvalue weighted by Gasteiger charge is 2.30. The van der Waals surface area contributed by atoms with Crippen LogP contribution < -0.4 is 5.32 Å². The number of sulfonamides is 1. The maximum atomic E-state index is 12.8. The van der Waals surface area contributed by atoms with E-state index in [1.165, 1.54) is 15.6 Å². The number of ether oxygens (including phenoxy) is 1. The van der Waals surface area contributed by atoms with Crippen LogP contribution in [-0.2, 0) is 21.3 Å². The van der Waals surface area contributed by atoms with E-state index in [9.17, 15) is 8.42 Å². The molecule has 0 aliphatic carbocycles. The van der Waals surface area contributed by atoms with E-state index in [2.05, 4.69) is 12.2 Å². The van der Waals surface area contributed by atoms with Crippen LogP contribution in [0, 0.1) is 6.92 Å². The molecule has 114 valence electrons. The zero-order chi connectivity index (χ0) is 14.6. The van der Waals surface area contributed by atoms with E-state index in [-0.39, 0.29) is 0 Å². The van der Waals surface area contributed by atoms with E-state index >= 15 is 0 Å². The zero-order valence-corrected chi connectivity index (χ0v) is 13.6. The fraction of sp³-hybridized carbons (Fsp3) is 0.692. The van der Waals surface area contributed by atoms with Crippen LogP contribution in [0.1, 0.15) is 23.8 Å². The predicted molar refractivity (Wildman–Crippen MR) is 80.6 cm³/mol. The second-order valence-corrected chi connectivity index (χ2v) is 7.70. The topological polar surface area (TPSA) is 58.6 Å². The number of nitrogens with one attached hydrogen (secondary N) is 1. The third-order valence-corrected chi connectivity index (χ3v) is 6.63. The minimum absolute atomic E-state index is 0.444. The van der Waals surface area contributed by atoms with Crippen LogP contribution in [0.3, 0.4) is 0 Å².